The third-order valence-corrected chi connectivity index (χ3v) is 9.50. The summed E-state index contributed by atoms with van der Waals surface area (Å²) in [7, 11) is 0. The van der Waals surface area contributed by atoms with Crippen LogP contribution in [0.1, 0.15) is 12.8 Å². The van der Waals surface area contributed by atoms with Gasteiger partial charge in [-0.25, -0.2) is 0 Å². The van der Waals surface area contributed by atoms with E-state index in [0.717, 1.165) is 31.7 Å². The molecule has 154 valence electrons. The van der Waals surface area contributed by atoms with Gasteiger partial charge in [0.2, 0.25) is 0 Å². The summed E-state index contributed by atoms with van der Waals surface area (Å²) >= 11 is 0.255. The zero-order chi connectivity index (χ0) is 20.4. The number of nitrogens with zero attached hydrogens (tertiary/aromatic N) is 4. The fourth-order valence-corrected chi connectivity index (χ4v) is 6.77. The van der Waals surface area contributed by atoms with E-state index in [-0.39, 0.29) is 10.0 Å². The van der Waals surface area contributed by atoms with E-state index in [2.05, 4.69) is 21.4 Å². The number of alkyl halides is 3. The molecule has 2 aliphatic heterocycles. The van der Waals surface area contributed by atoms with E-state index in [1.807, 2.05) is 28.7 Å². The quantitative estimate of drug-likeness (QED) is 0.442. The van der Waals surface area contributed by atoms with Gasteiger partial charge in [-0.2, -0.15) is 0 Å². The predicted octanol–water partition coefficient (Wildman–Crippen LogP) is 1.96. The van der Waals surface area contributed by atoms with Gasteiger partial charge in [-0.3, -0.25) is 0 Å². The van der Waals surface area contributed by atoms with E-state index in [4.69, 9.17) is 4.74 Å². The Bertz CT molecular complexity index is 1020. The molecule has 2 saturated heterocycles. The van der Waals surface area contributed by atoms with Crippen molar-refractivity contribution in [1.29, 1.82) is 5.26 Å². The molecule has 2 atom stereocenters. The second kappa shape index (κ2) is 6.72. The van der Waals surface area contributed by atoms with Crippen molar-refractivity contribution in [3.05, 3.63) is 21.9 Å². The van der Waals surface area contributed by atoms with E-state index >= 15 is 0 Å². The molecule has 0 spiro atoms. The van der Waals surface area contributed by atoms with Gasteiger partial charge in [-0.15, -0.1) is 0 Å². The molecule has 3 aliphatic rings. The Morgan fingerprint density at radius 1 is 1.38 bits per heavy atom. The van der Waals surface area contributed by atoms with Crippen molar-refractivity contribution in [3.8, 4) is 6.07 Å². The van der Waals surface area contributed by atoms with Crippen molar-refractivity contribution in [2.45, 2.75) is 29.0 Å². The van der Waals surface area contributed by atoms with Gasteiger partial charge in [0.25, 0.3) is 0 Å². The number of hydrogen-bond acceptors (Lipinski definition) is 5. The third kappa shape index (κ3) is 3.33. The van der Waals surface area contributed by atoms with Crippen LogP contribution in [0.4, 0.5) is 19.0 Å². The molecule has 0 amide bonds. The van der Waals surface area contributed by atoms with Crippen molar-refractivity contribution >= 4 is 53.3 Å². The summed E-state index contributed by atoms with van der Waals surface area (Å²) < 4.78 is 46.6. The Hall–Kier alpha value is -1.06. The number of likely N-dealkylation sites (tertiary alicyclic amines) is 1. The number of rotatable bonds is 4. The predicted molar refractivity (Wildman–Crippen MR) is 109 cm³/mol. The second-order valence-electron chi connectivity index (χ2n) is 7.89. The Morgan fingerprint density at radius 3 is 2.79 bits per heavy atom. The Labute approximate surface area is 185 Å². The number of piperidine rings is 1. The summed E-state index contributed by atoms with van der Waals surface area (Å²) in [5.74, 6) is 1.13. The van der Waals surface area contributed by atoms with Crippen molar-refractivity contribution in [1.82, 2.24) is 14.5 Å². The molecule has 5 rings (SSSR count). The topological polar surface area (TPSA) is 65.6 Å². The van der Waals surface area contributed by atoms with Crippen LogP contribution in [0.25, 0.3) is 5.52 Å². The first-order valence-electron chi connectivity index (χ1n) is 9.21. The monoisotopic (exact) mass is 583 g/mol. The molecule has 0 aromatic carbocycles. The van der Waals surface area contributed by atoms with E-state index in [1.165, 1.54) is 0 Å². The second-order valence-corrected chi connectivity index (χ2v) is 11.2. The van der Waals surface area contributed by atoms with Gasteiger partial charge < -0.3 is 0 Å². The molecule has 0 radical (unpaired) electrons. The van der Waals surface area contributed by atoms with E-state index in [1.54, 1.807) is 16.6 Å². The van der Waals surface area contributed by atoms with Crippen LogP contribution >= 0.6 is 22.6 Å². The first kappa shape index (κ1) is 19.9. The van der Waals surface area contributed by atoms with Crippen LogP contribution in [0.5, 0.6) is 0 Å². The minimum atomic E-state index is -4.21. The van der Waals surface area contributed by atoms with Gasteiger partial charge in [0.1, 0.15) is 0 Å². The molecule has 11 heteroatoms. The van der Waals surface area contributed by atoms with Gasteiger partial charge in [-0.1, -0.05) is 0 Å². The SMILES string of the molecule is N#CC1(N2CCC3(Nc4cccc5c([Se]C(F)(F)F)c(I)nn45)CC3C2)COC1. The first-order valence-corrected chi connectivity index (χ1v) is 12.0. The van der Waals surface area contributed by atoms with Crippen molar-refractivity contribution < 1.29 is 17.9 Å². The van der Waals surface area contributed by atoms with Crippen LogP contribution in [0, 0.1) is 20.9 Å². The fourth-order valence-electron chi connectivity index (χ4n) is 4.42. The third-order valence-electron chi connectivity index (χ3n) is 6.16. The molecular formula is C18H17F3IN5OSe. The van der Waals surface area contributed by atoms with E-state index < -0.39 is 25.6 Å². The van der Waals surface area contributed by atoms with Crippen LogP contribution in [0.2, 0.25) is 0 Å². The summed E-state index contributed by atoms with van der Waals surface area (Å²) in [4.78, 5) is 2.23. The standard InChI is InChI=1S/C18H17F3IN5OSe/c19-18(20,21)29-14-12-2-1-3-13(27(12)25-15(14)22)24-17-4-5-26(7-11(17)6-17)16(8-23)9-28-10-16/h1-3,11,24H,4-7,9-10H2. The molecule has 1 N–H and O–H groups in total. The van der Waals surface area contributed by atoms with Gasteiger partial charge in [0.05, 0.1) is 0 Å². The number of nitriles is 1. The first-order chi connectivity index (χ1) is 13.8. The Balaban J connectivity index is 1.37. The molecule has 2 aromatic rings. The number of nitrogens with one attached hydrogen (secondary N) is 1. The fraction of sp³-hybridized carbons (Fsp3) is 0.556. The average molecular weight is 582 g/mol. The molecule has 29 heavy (non-hydrogen) atoms. The minimum absolute atomic E-state index is 0.0707. The van der Waals surface area contributed by atoms with Crippen LogP contribution in [-0.2, 0) is 4.74 Å². The number of anilines is 1. The molecule has 3 fully saturated rings. The molecule has 2 unspecified atom stereocenters. The Morgan fingerprint density at radius 2 is 2.17 bits per heavy atom. The summed E-state index contributed by atoms with van der Waals surface area (Å²) in [6.07, 6.45) is 1.87. The van der Waals surface area contributed by atoms with E-state index in [9.17, 15) is 18.4 Å². The zero-order valence-electron chi connectivity index (χ0n) is 15.2. The Kier molecular flexibility index (Phi) is 4.61. The van der Waals surface area contributed by atoms with Crippen LogP contribution in [0.15, 0.2) is 18.2 Å². The normalized spacial score (nSPS) is 28.4. The maximum absolute atomic E-state index is 13.0. The van der Waals surface area contributed by atoms with Gasteiger partial charge >= 0.3 is 186 Å². The number of aromatic nitrogens is 2. The number of pyridine rings is 1. The van der Waals surface area contributed by atoms with Crippen LogP contribution in [-0.4, -0.2) is 71.9 Å². The zero-order valence-corrected chi connectivity index (χ0v) is 19.0. The molecule has 0 bridgehead atoms. The molecule has 2 aromatic heterocycles. The van der Waals surface area contributed by atoms with Gasteiger partial charge in [0.15, 0.2) is 0 Å². The maximum atomic E-state index is 13.0. The average Bonchev–Trinajstić information content (AvgIpc) is 3.24. The summed E-state index contributed by atoms with van der Waals surface area (Å²) in [5, 5.41) is 13.3. The molecule has 1 saturated carbocycles. The van der Waals surface area contributed by atoms with Gasteiger partial charge in [-0.05, 0) is 0 Å². The summed E-state index contributed by atoms with van der Waals surface area (Å²) in [6.45, 7) is 2.56. The molecule has 1 aliphatic carbocycles. The van der Waals surface area contributed by atoms with Crippen LogP contribution < -0.4 is 9.78 Å². The number of fused-ring (bicyclic) bond motifs is 2. The summed E-state index contributed by atoms with van der Waals surface area (Å²) in [5.41, 5.74) is -0.0435. The van der Waals surface area contributed by atoms with E-state index in [0.29, 0.717) is 28.3 Å². The summed E-state index contributed by atoms with van der Waals surface area (Å²) in [6, 6.07) is 7.76. The van der Waals surface area contributed by atoms with Crippen molar-refractivity contribution in [3.63, 3.8) is 0 Å². The molecular weight excluding hydrogens is 565 g/mol. The molecule has 6 nitrogen and oxygen atoms in total. The van der Waals surface area contributed by atoms with Crippen molar-refractivity contribution in [2.75, 3.05) is 31.6 Å². The van der Waals surface area contributed by atoms with Crippen molar-refractivity contribution in [2.24, 2.45) is 5.92 Å². The van der Waals surface area contributed by atoms with Gasteiger partial charge in [0, 0.05) is 0 Å². The van der Waals surface area contributed by atoms with Crippen LogP contribution in [0.3, 0.4) is 0 Å². The number of hydrogen-bond donors (Lipinski definition) is 1. The number of halogens is 4. The molecule has 4 heterocycles. The number of ether oxygens (including phenoxy) is 1.